The number of thioether (sulfide) groups is 1. The molecule has 14 heavy (non-hydrogen) atoms. The van der Waals surface area contributed by atoms with Gasteiger partial charge in [0.15, 0.2) is 0 Å². The smallest absolute Gasteiger partial charge is 0.147 e. The van der Waals surface area contributed by atoms with Crippen LogP contribution < -0.4 is 0 Å². The average Bonchev–Trinajstić information content (AvgIpc) is 2.52. The minimum atomic E-state index is 0.186. The zero-order valence-corrected chi connectivity index (χ0v) is 10.5. The summed E-state index contributed by atoms with van der Waals surface area (Å²) >= 11 is 3.37. The van der Waals surface area contributed by atoms with Crippen LogP contribution in [0.1, 0.15) is 25.6 Å². The van der Waals surface area contributed by atoms with E-state index in [1.165, 1.54) is 4.88 Å². The van der Waals surface area contributed by atoms with Crippen molar-refractivity contribution in [2.75, 3.05) is 5.75 Å². The van der Waals surface area contributed by atoms with Gasteiger partial charge in [-0.25, -0.2) is 0 Å². The highest BCUT2D eigenvalue weighted by Gasteiger charge is 2.13. The van der Waals surface area contributed by atoms with E-state index < -0.39 is 0 Å². The number of carbonyl (C=O) groups is 1. The van der Waals surface area contributed by atoms with Crippen molar-refractivity contribution in [1.29, 1.82) is 0 Å². The van der Waals surface area contributed by atoms with Crippen molar-refractivity contribution in [2.24, 2.45) is 0 Å². The number of hydrogen-bond donors (Lipinski definition) is 0. The van der Waals surface area contributed by atoms with E-state index in [1.54, 1.807) is 23.1 Å². The number of carbonyl (C=O) groups excluding carboxylic acids is 1. The van der Waals surface area contributed by atoms with E-state index in [-0.39, 0.29) is 4.75 Å². The molecular weight excluding hydrogens is 212 g/mol. The first kappa shape index (κ1) is 11.8. The molecule has 0 N–H and O–H groups in total. The molecule has 1 heterocycles. The zero-order chi connectivity index (χ0) is 10.6. The molecule has 0 spiro atoms. The number of Topliss-reactive ketones (excluding diaryl/α,β-unsaturated/α-hetero) is 1. The van der Waals surface area contributed by atoms with E-state index in [2.05, 4.69) is 20.8 Å². The molecule has 0 radical (unpaired) electrons. The van der Waals surface area contributed by atoms with Crippen LogP contribution in [0.25, 0.3) is 0 Å². The maximum Gasteiger partial charge on any atom is 0.147 e. The van der Waals surface area contributed by atoms with Gasteiger partial charge in [0.2, 0.25) is 0 Å². The second-order valence-corrected chi connectivity index (χ2v) is 7.03. The molecule has 1 aromatic rings. The van der Waals surface area contributed by atoms with Crippen molar-refractivity contribution in [2.45, 2.75) is 31.9 Å². The summed E-state index contributed by atoms with van der Waals surface area (Å²) in [5, 5.41) is 2.01. The van der Waals surface area contributed by atoms with Gasteiger partial charge in [-0.1, -0.05) is 26.8 Å². The van der Waals surface area contributed by atoms with Crippen LogP contribution in [-0.4, -0.2) is 16.3 Å². The third-order valence-corrected chi connectivity index (χ3v) is 3.83. The molecule has 1 nitrogen and oxygen atoms in total. The molecule has 1 aromatic heterocycles. The third kappa shape index (κ3) is 4.82. The topological polar surface area (TPSA) is 17.1 Å². The Bertz CT molecular complexity index is 283. The van der Waals surface area contributed by atoms with Gasteiger partial charge in [0, 0.05) is 16.0 Å². The maximum atomic E-state index is 11.5. The minimum absolute atomic E-state index is 0.186. The van der Waals surface area contributed by atoms with Gasteiger partial charge in [-0.15, -0.1) is 23.1 Å². The van der Waals surface area contributed by atoms with E-state index >= 15 is 0 Å². The fourth-order valence-electron chi connectivity index (χ4n) is 0.956. The Balaban J connectivity index is 2.30. The second kappa shape index (κ2) is 4.99. The van der Waals surface area contributed by atoms with Crippen molar-refractivity contribution < 1.29 is 4.79 Å². The van der Waals surface area contributed by atoms with Gasteiger partial charge in [-0.3, -0.25) is 4.79 Å². The first-order valence-electron chi connectivity index (χ1n) is 4.65. The van der Waals surface area contributed by atoms with Crippen LogP contribution in [0.3, 0.4) is 0 Å². The van der Waals surface area contributed by atoms with E-state index in [0.717, 1.165) is 0 Å². The Morgan fingerprint density at radius 2 is 2.21 bits per heavy atom. The maximum absolute atomic E-state index is 11.5. The molecule has 0 aliphatic heterocycles. The number of rotatable bonds is 4. The van der Waals surface area contributed by atoms with E-state index in [4.69, 9.17) is 0 Å². The molecular formula is C11H16OS2. The molecule has 3 heteroatoms. The lowest BCUT2D eigenvalue weighted by atomic mass is 10.2. The lowest BCUT2D eigenvalue weighted by molar-refractivity contribution is -0.115. The molecule has 0 aromatic carbocycles. The number of hydrogen-bond acceptors (Lipinski definition) is 3. The van der Waals surface area contributed by atoms with Gasteiger partial charge >= 0.3 is 0 Å². The molecule has 0 fully saturated rings. The molecule has 0 aliphatic rings. The van der Waals surface area contributed by atoms with Gasteiger partial charge in [0.05, 0.1) is 5.75 Å². The molecule has 0 saturated heterocycles. The summed E-state index contributed by atoms with van der Waals surface area (Å²) in [6.45, 7) is 6.41. The summed E-state index contributed by atoms with van der Waals surface area (Å²) < 4.78 is 0.186. The van der Waals surface area contributed by atoms with Gasteiger partial charge < -0.3 is 0 Å². The molecule has 0 unspecified atom stereocenters. The molecule has 0 amide bonds. The van der Waals surface area contributed by atoms with Gasteiger partial charge in [0.25, 0.3) is 0 Å². The van der Waals surface area contributed by atoms with Crippen LogP contribution in [0, 0.1) is 0 Å². The van der Waals surface area contributed by atoms with Crippen molar-refractivity contribution in [3.63, 3.8) is 0 Å². The normalized spacial score (nSPS) is 11.6. The Labute approximate surface area is 93.9 Å². The van der Waals surface area contributed by atoms with Crippen molar-refractivity contribution in [1.82, 2.24) is 0 Å². The van der Waals surface area contributed by atoms with E-state index in [1.807, 2.05) is 17.5 Å². The summed E-state index contributed by atoms with van der Waals surface area (Å²) in [4.78, 5) is 12.7. The summed E-state index contributed by atoms with van der Waals surface area (Å²) in [5.41, 5.74) is 0. The molecule has 0 bridgehead atoms. The first-order valence-corrected chi connectivity index (χ1v) is 6.52. The van der Waals surface area contributed by atoms with Crippen LogP contribution in [0.4, 0.5) is 0 Å². The molecule has 1 rings (SSSR count). The van der Waals surface area contributed by atoms with Crippen LogP contribution in [-0.2, 0) is 11.2 Å². The number of ketones is 1. The first-order chi connectivity index (χ1) is 6.47. The van der Waals surface area contributed by atoms with Crippen LogP contribution in [0.2, 0.25) is 0 Å². The fraction of sp³-hybridized carbons (Fsp3) is 0.545. The highest BCUT2D eigenvalue weighted by molar-refractivity contribution is 8.01. The molecule has 0 atom stereocenters. The zero-order valence-electron chi connectivity index (χ0n) is 8.87. The van der Waals surface area contributed by atoms with E-state index in [0.29, 0.717) is 18.0 Å². The van der Waals surface area contributed by atoms with Gasteiger partial charge in [-0.2, -0.15) is 0 Å². The minimum Gasteiger partial charge on any atom is -0.298 e. The Hall–Kier alpha value is -0.280. The third-order valence-electron chi connectivity index (χ3n) is 1.62. The largest absolute Gasteiger partial charge is 0.298 e. The Morgan fingerprint density at radius 3 is 2.71 bits per heavy atom. The van der Waals surface area contributed by atoms with Crippen molar-refractivity contribution in [3.05, 3.63) is 22.4 Å². The lowest BCUT2D eigenvalue weighted by Gasteiger charge is -2.16. The fourth-order valence-corrected chi connectivity index (χ4v) is 2.38. The van der Waals surface area contributed by atoms with Crippen LogP contribution >= 0.6 is 23.1 Å². The highest BCUT2D eigenvalue weighted by atomic mass is 32.2. The Morgan fingerprint density at radius 1 is 1.50 bits per heavy atom. The standard InChI is InChI=1S/C11H16OS2/c1-11(2,3)14-8-9(12)7-10-5-4-6-13-10/h4-6H,7-8H2,1-3H3. The van der Waals surface area contributed by atoms with E-state index in [9.17, 15) is 4.79 Å². The summed E-state index contributed by atoms with van der Waals surface area (Å²) in [6.07, 6.45) is 0.598. The predicted molar refractivity (Wildman–Crippen MR) is 65.2 cm³/mol. The van der Waals surface area contributed by atoms with Gasteiger partial charge in [0.1, 0.15) is 5.78 Å². The van der Waals surface area contributed by atoms with Crippen LogP contribution in [0.15, 0.2) is 17.5 Å². The quantitative estimate of drug-likeness (QED) is 0.785. The van der Waals surface area contributed by atoms with Gasteiger partial charge in [-0.05, 0) is 11.4 Å². The molecule has 0 aliphatic carbocycles. The summed E-state index contributed by atoms with van der Waals surface area (Å²) in [7, 11) is 0. The van der Waals surface area contributed by atoms with Crippen LogP contribution in [0.5, 0.6) is 0 Å². The highest BCUT2D eigenvalue weighted by Crippen LogP contribution is 2.23. The Kier molecular flexibility index (Phi) is 4.20. The summed E-state index contributed by atoms with van der Waals surface area (Å²) in [5.74, 6) is 0.953. The SMILES string of the molecule is CC(C)(C)SCC(=O)Cc1cccs1. The lowest BCUT2D eigenvalue weighted by Crippen LogP contribution is -2.13. The predicted octanol–water partition coefficient (Wildman–Crippen LogP) is 3.39. The summed E-state index contributed by atoms with van der Waals surface area (Å²) in [6, 6.07) is 4.01. The number of thiophene rings is 1. The van der Waals surface area contributed by atoms with Crippen molar-refractivity contribution in [3.8, 4) is 0 Å². The molecule has 0 saturated carbocycles. The average molecular weight is 228 g/mol. The van der Waals surface area contributed by atoms with Crippen molar-refractivity contribution >= 4 is 28.9 Å². The second-order valence-electron chi connectivity index (χ2n) is 4.20. The molecule has 78 valence electrons. The monoisotopic (exact) mass is 228 g/mol.